The predicted octanol–water partition coefficient (Wildman–Crippen LogP) is 1.26. The van der Waals surface area contributed by atoms with Crippen molar-refractivity contribution in [1.29, 1.82) is 0 Å². The first-order valence-electron chi connectivity index (χ1n) is 9.30. The van der Waals surface area contributed by atoms with Crippen LogP contribution in [0.4, 0.5) is 0 Å². The van der Waals surface area contributed by atoms with Crippen LogP contribution in [-0.2, 0) is 30.3 Å². The van der Waals surface area contributed by atoms with Gasteiger partial charge in [0.05, 0.1) is 20.0 Å². The lowest BCUT2D eigenvalue weighted by atomic mass is 10.0. The fraction of sp³-hybridized carbons (Fsp3) is 0.400. The number of benzene rings is 1. The van der Waals surface area contributed by atoms with Crippen molar-refractivity contribution < 1.29 is 29.0 Å². The topological polar surface area (TPSA) is 113 Å². The van der Waals surface area contributed by atoms with Gasteiger partial charge in [0.15, 0.2) is 0 Å². The van der Waals surface area contributed by atoms with Crippen LogP contribution in [0.1, 0.15) is 12.0 Å². The number of rotatable bonds is 9. The number of nitrogens with zero attached hydrogens (tertiary/aromatic N) is 1. The summed E-state index contributed by atoms with van der Waals surface area (Å²) in [6.07, 6.45) is 0.399. The van der Waals surface area contributed by atoms with Gasteiger partial charge in [0.2, 0.25) is 5.91 Å². The molecular weight excluding hydrogens is 428 g/mol. The average molecular weight is 451 g/mol. The lowest BCUT2D eigenvalue weighted by Gasteiger charge is -2.49. The molecule has 1 aromatic carbocycles. The molecule has 2 amide bonds. The quantitative estimate of drug-likeness (QED) is 0.329. The molecule has 0 bridgehead atoms. The SMILES string of the molecule is COC(=O)CCSCC1=C(C(=O)O)N2C(=O)[C@@H](NC(=O)Cc3ccccc3)[C@H]2SC1. The van der Waals surface area contributed by atoms with E-state index in [1.165, 1.54) is 35.5 Å². The molecule has 0 aliphatic carbocycles. The van der Waals surface area contributed by atoms with Gasteiger partial charge in [0.1, 0.15) is 17.1 Å². The highest BCUT2D eigenvalue weighted by Gasteiger charge is 2.54. The van der Waals surface area contributed by atoms with Crippen LogP contribution in [0, 0.1) is 0 Å². The van der Waals surface area contributed by atoms with Gasteiger partial charge in [-0.3, -0.25) is 19.3 Å². The number of fused-ring (bicyclic) bond motifs is 1. The number of thioether (sulfide) groups is 2. The summed E-state index contributed by atoms with van der Waals surface area (Å²) in [5.41, 5.74) is 1.47. The monoisotopic (exact) mass is 450 g/mol. The minimum Gasteiger partial charge on any atom is -0.477 e. The van der Waals surface area contributed by atoms with E-state index in [9.17, 15) is 24.3 Å². The van der Waals surface area contributed by atoms with Crippen LogP contribution in [0.5, 0.6) is 0 Å². The van der Waals surface area contributed by atoms with Crippen molar-refractivity contribution in [2.45, 2.75) is 24.3 Å². The van der Waals surface area contributed by atoms with Gasteiger partial charge in [-0.2, -0.15) is 11.8 Å². The minimum absolute atomic E-state index is 0.0112. The number of methoxy groups -OCH3 is 1. The number of nitrogens with one attached hydrogen (secondary N) is 1. The number of carbonyl (C=O) groups excluding carboxylic acids is 3. The zero-order chi connectivity index (χ0) is 21.7. The van der Waals surface area contributed by atoms with E-state index >= 15 is 0 Å². The van der Waals surface area contributed by atoms with Gasteiger partial charge < -0.3 is 15.2 Å². The van der Waals surface area contributed by atoms with Crippen molar-refractivity contribution in [3.63, 3.8) is 0 Å². The largest absolute Gasteiger partial charge is 0.477 e. The van der Waals surface area contributed by atoms with Gasteiger partial charge in [-0.1, -0.05) is 30.3 Å². The summed E-state index contributed by atoms with van der Waals surface area (Å²) >= 11 is 2.86. The first-order chi connectivity index (χ1) is 14.4. The Bertz CT molecular complexity index is 873. The van der Waals surface area contributed by atoms with E-state index in [0.717, 1.165) is 5.56 Å². The molecule has 0 radical (unpaired) electrons. The van der Waals surface area contributed by atoms with Crippen LogP contribution in [0.3, 0.4) is 0 Å². The molecule has 0 spiro atoms. The number of ether oxygens (including phenoxy) is 1. The van der Waals surface area contributed by atoms with Crippen molar-refractivity contribution in [3.8, 4) is 0 Å². The number of carbonyl (C=O) groups is 4. The molecule has 1 saturated heterocycles. The van der Waals surface area contributed by atoms with E-state index in [-0.39, 0.29) is 30.4 Å². The molecule has 0 saturated carbocycles. The molecule has 2 aliphatic heterocycles. The number of carboxylic acid groups (broad SMARTS) is 1. The van der Waals surface area contributed by atoms with Crippen molar-refractivity contribution in [3.05, 3.63) is 47.2 Å². The summed E-state index contributed by atoms with van der Waals surface area (Å²) in [5.74, 6) is -0.804. The summed E-state index contributed by atoms with van der Waals surface area (Å²) in [6, 6.07) is 8.47. The third kappa shape index (κ3) is 4.99. The number of aliphatic carboxylic acids is 1. The molecule has 2 aliphatic rings. The van der Waals surface area contributed by atoms with E-state index in [1.807, 2.05) is 30.3 Å². The Morgan fingerprint density at radius 3 is 2.70 bits per heavy atom. The molecule has 30 heavy (non-hydrogen) atoms. The number of hydrogen-bond acceptors (Lipinski definition) is 7. The van der Waals surface area contributed by atoms with Gasteiger partial charge in [-0.25, -0.2) is 4.79 Å². The second kappa shape index (κ2) is 10.0. The zero-order valence-electron chi connectivity index (χ0n) is 16.3. The van der Waals surface area contributed by atoms with E-state index < -0.39 is 23.3 Å². The number of carboxylic acids is 1. The van der Waals surface area contributed by atoms with E-state index in [2.05, 4.69) is 10.1 Å². The van der Waals surface area contributed by atoms with Crippen molar-refractivity contribution in [1.82, 2.24) is 10.2 Å². The highest BCUT2D eigenvalue weighted by molar-refractivity contribution is 8.01. The zero-order valence-corrected chi connectivity index (χ0v) is 18.0. The molecule has 1 aromatic rings. The molecule has 10 heteroatoms. The fourth-order valence-corrected chi connectivity index (χ4v) is 5.67. The number of β-lactam (4-membered cyclic amide) rings is 1. The molecule has 2 heterocycles. The van der Waals surface area contributed by atoms with Gasteiger partial charge in [-0.15, -0.1) is 11.8 Å². The van der Waals surface area contributed by atoms with Crippen LogP contribution in [0.2, 0.25) is 0 Å². The minimum atomic E-state index is -1.16. The second-order valence-electron chi connectivity index (χ2n) is 6.75. The maximum absolute atomic E-state index is 12.6. The van der Waals surface area contributed by atoms with Crippen molar-refractivity contribution in [2.24, 2.45) is 0 Å². The van der Waals surface area contributed by atoms with Crippen LogP contribution >= 0.6 is 23.5 Å². The van der Waals surface area contributed by atoms with Crippen LogP contribution < -0.4 is 5.32 Å². The highest BCUT2D eigenvalue weighted by Crippen LogP contribution is 2.41. The van der Waals surface area contributed by atoms with Gasteiger partial charge in [0.25, 0.3) is 5.91 Å². The van der Waals surface area contributed by atoms with Gasteiger partial charge in [0, 0.05) is 17.3 Å². The number of amides is 2. The summed E-state index contributed by atoms with van der Waals surface area (Å²) in [4.78, 5) is 49.2. The molecule has 0 unspecified atom stereocenters. The molecule has 1 fully saturated rings. The number of hydrogen-bond donors (Lipinski definition) is 2. The first-order valence-corrected chi connectivity index (χ1v) is 11.5. The Labute approximate surface area is 182 Å². The maximum atomic E-state index is 12.6. The van der Waals surface area contributed by atoms with Crippen LogP contribution in [-0.4, -0.2) is 69.5 Å². The fourth-order valence-electron chi connectivity index (χ4n) is 3.25. The Morgan fingerprint density at radius 1 is 1.30 bits per heavy atom. The van der Waals surface area contributed by atoms with E-state index in [0.29, 0.717) is 22.8 Å². The Morgan fingerprint density at radius 2 is 2.03 bits per heavy atom. The first kappa shape index (κ1) is 22.2. The van der Waals surface area contributed by atoms with E-state index in [4.69, 9.17) is 0 Å². The standard InChI is InChI=1S/C20H22N2O6S2/c1-28-15(24)7-8-29-10-13-11-30-19-16(18(25)22(19)17(13)20(26)27)21-14(23)9-12-5-3-2-4-6-12/h2-6,16,19H,7-11H2,1H3,(H,21,23)(H,26,27)/t16-,19-/m1/s1. The molecular formula is C20H22N2O6S2. The summed E-state index contributed by atoms with van der Waals surface area (Å²) in [5, 5.41) is 12.0. The summed E-state index contributed by atoms with van der Waals surface area (Å²) in [6.45, 7) is 0. The normalized spacial score (nSPS) is 20.3. The van der Waals surface area contributed by atoms with Crippen molar-refractivity contribution >= 4 is 47.3 Å². The Kier molecular flexibility index (Phi) is 7.43. The number of esters is 1. The molecule has 160 valence electrons. The van der Waals surface area contributed by atoms with Crippen molar-refractivity contribution in [2.75, 3.05) is 24.4 Å². The Balaban J connectivity index is 1.60. The third-order valence-electron chi connectivity index (χ3n) is 4.73. The second-order valence-corrected chi connectivity index (χ2v) is 8.96. The van der Waals surface area contributed by atoms with E-state index in [1.54, 1.807) is 0 Å². The summed E-state index contributed by atoms with van der Waals surface area (Å²) < 4.78 is 4.59. The average Bonchev–Trinajstić information content (AvgIpc) is 2.74. The lowest BCUT2D eigenvalue weighted by molar-refractivity contribution is -0.150. The molecule has 8 nitrogen and oxygen atoms in total. The molecule has 0 aromatic heterocycles. The molecule has 3 rings (SSSR count). The Hall–Kier alpha value is -2.46. The van der Waals surface area contributed by atoms with Gasteiger partial charge >= 0.3 is 11.9 Å². The van der Waals surface area contributed by atoms with Crippen LogP contribution in [0.15, 0.2) is 41.6 Å². The predicted molar refractivity (Wildman–Crippen MR) is 114 cm³/mol. The lowest BCUT2D eigenvalue weighted by Crippen LogP contribution is -2.70. The highest BCUT2D eigenvalue weighted by atomic mass is 32.2. The smallest absolute Gasteiger partial charge is 0.352 e. The van der Waals surface area contributed by atoms with Crippen LogP contribution in [0.25, 0.3) is 0 Å². The third-order valence-corrected chi connectivity index (χ3v) is 7.11. The maximum Gasteiger partial charge on any atom is 0.352 e. The molecule has 2 N–H and O–H groups in total. The molecule has 2 atom stereocenters. The summed E-state index contributed by atoms with van der Waals surface area (Å²) in [7, 11) is 1.32. The van der Waals surface area contributed by atoms with Gasteiger partial charge in [-0.05, 0) is 11.1 Å².